The first-order valence-corrected chi connectivity index (χ1v) is 11.0. The Balaban J connectivity index is 1.32. The van der Waals surface area contributed by atoms with Gasteiger partial charge in [-0.15, -0.1) is 5.10 Å². The first-order valence-electron chi connectivity index (χ1n) is 11.0. The van der Waals surface area contributed by atoms with Crippen LogP contribution in [0.5, 0.6) is 0 Å². The predicted molar refractivity (Wildman–Crippen MR) is 124 cm³/mol. The molecule has 2 N–H and O–H groups in total. The zero-order valence-electron chi connectivity index (χ0n) is 18.9. The Kier molecular flexibility index (Phi) is 5.20. The van der Waals surface area contributed by atoms with Gasteiger partial charge in [-0.2, -0.15) is 0 Å². The highest BCUT2D eigenvalue weighted by molar-refractivity contribution is 6.04. The van der Waals surface area contributed by atoms with Crippen LogP contribution < -0.4 is 5.32 Å². The summed E-state index contributed by atoms with van der Waals surface area (Å²) >= 11 is 0. The number of aromatic amines is 1. The first kappa shape index (κ1) is 21.3. The molecule has 8 nitrogen and oxygen atoms in total. The number of anilines is 1. The minimum Gasteiger partial charge on any atom is -0.357 e. The van der Waals surface area contributed by atoms with Crippen molar-refractivity contribution in [3.05, 3.63) is 59.8 Å². The van der Waals surface area contributed by atoms with Gasteiger partial charge in [0.25, 0.3) is 5.91 Å². The molecule has 5 rings (SSSR count). The second kappa shape index (κ2) is 8.08. The van der Waals surface area contributed by atoms with Crippen LogP contribution in [0.2, 0.25) is 0 Å². The summed E-state index contributed by atoms with van der Waals surface area (Å²) in [6.45, 7) is 6.48. The summed E-state index contributed by atoms with van der Waals surface area (Å²) in [4.78, 5) is 22.9. The molecule has 4 heterocycles. The summed E-state index contributed by atoms with van der Waals surface area (Å²) in [5.74, 6) is -0.831. The molecule has 1 aliphatic rings. The van der Waals surface area contributed by atoms with E-state index >= 15 is 0 Å². The number of hydrogen-bond acceptors (Lipinski definition) is 5. The minimum atomic E-state index is -0.632. The number of aryl methyl sites for hydroxylation is 1. The van der Waals surface area contributed by atoms with E-state index in [2.05, 4.69) is 50.4 Å². The van der Waals surface area contributed by atoms with E-state index in [1.54, 1.807) is 31.6 Å². The average Bonchev–Trinajstić information content (AvgIpc) is 3.46. The topological polar surface area (TPSA) is 91.7 Å². The zero-order chi connectivity index (χ0) is 23.2. The Bertz CT molecular complexity index is 1340. The van der Waals surface area contributed by atoms with Crippen molar-refractivity contribution in [2.75, 3.05) is 11.9 Å². The van der Waals surface area contributed by atoms with Crippen molar-refractivity contribution in [1.82, 2.24) is 29.9 Å². The van der Waals surface area contributed by atoms with E-state index in [1.807, 2.05) is 0 Å². The van der Waals surface area contributed by atoms with Gasteiger partial charge in [-0.1, -0.05) is 11.3 Å². The van der Waals surface area contributed by atoms with E-state index in [0.717, 1.165) is 29.7 Å². The number of likely N-dealkylation sites (tertiary alicyclic amines) is 1. The van der Waals surface area contributed by atoms with Crippen LogP contribution in [0, 0.1) is 5.82 Å². The molecule has 1 fully saturated rings. The van der Waals surface area contributed by atoms with Crippen molar-refractivity contribution >= 4 is 22.6 Å². The zero-order valence-corrected chi connectivity index (χ0v) is 18.9. The molecule has 170 valence electrons. The second-order valence-corrected chi connectivity index (χ2v) is 9.22. The van der Waals surface area contributed by atoms with E-state index < -0.39 is 11.7 Å². The van der Waals surface area contributed by atoms with Gasteiger partial charge in [0.15, 0.2) is 0 Å². The number of carbonyl (C=O) groups excluding carboxylic acids is 1. The fourth-order valence-electron chi connectivity index (χ4n) is 4.42. The predicted octanol–water partition coefficient (Wildman–Crippen LogP) is 4.12. The third kappa shape index (κ3) is 4.23. The summed E-state index contributed by atoms with van der Waals surface area (Å²) in [7, 11) is 1.73. The molecule has 9 heteroatoms. The molecular weight excluding hydrogens is 421 g/mol. The molecule has 0 bridgehead atoms. The van der Waals surface area contributed by atoms with E-state index in [4.69, 9.17) is 0 Å². The molecule has 1 amide bonds. The molecule has 0 radical (unpaired) electrons. The van der Waals surface area contributed by atoms with Crippen LogP contribution in [0.4, 0.5) is 10.2 Å². The van der Waals surface area contributed by atoms with Crippen molar-refractivity contribution in [3.8, 4) is 11.3 Å². The Morgan fingerprint density at radius 2 is 2.12 bits per heavy atom. The number of halogens is 1. The Hall–Kier alpha value is -3.59. The third-order valence-electron chi connectivity index (χ3n) is 6.35. The van der Waals surface area contributed by atoms with Gasteiger partial charge in [-0.3, -0.25) is 14.4 Å². The lowest BCUT2D eigenvalue weighted by atomic mass is 10.0. The van der Waals surface area contributed by atoms with Gasteiger partial charge in [0.05, 0.1) is 17.3 Å². The second-order valence-electron chi connectivity index (χ2n) is 9.22. The maximum absolute atomic E-state index is 14.7. The lowest BCUT2D eigenvalue weighted by Crippen LogP contribution is -2.37. The molecule has 0 atom stereocenters. The van der Waals surface area contributed by atoms with Gasteiger partial charge < -0.3 is 10.3 Å². The van der Waals surface area contributed by atoms with Gasteiger partial charge in [0, 0.05) is 48.0 Å². The lowest BCUT2D eigenvalue weighted by Gasteiger charge is -2.31. The van der Waals surface area contributed by atoms with Gasteiger partial charge in [0.2, 0.25) is 0 Å². The van der Waals surface area contributed by atoms with Crippen LogP contribution in [0.15, 0.2) is 42.7 Å². The smallest absolute Gasteiger partial charge is 0.259 e. The average molecular weight is 448 g/mol. The number of H-pyrrole nitrogens is 1. The lowest BCUT2D eigenvalue weighted by molar-refractivity contribution is 0.102. The van der Waals surface area contributed by atoms with Crippen LogP contribution in [-0.2, 0) is 13.6 Å². The van der Waals surface area contributed by atoms with E-state index in [1.165, 1.54) is 29.7 Å². The molecule has 1 aliphatic heterocycles. The maximum atomic E-state index is 14.7. The van der Waals surface area contributed by atoms with Crippen molar-refractivity contribution in [2.45, 2.75) is 38.8 Å². The number of nitrogens with one attached hydrogen (secondary N) is 2. The number of aromatic nitrogens is 5. The number of hydrogen-bond donors (Lipinski definition) is 2. The fourth-order valence-corrected chi connectivity index (χ4v) is 4.42. The highest BCUT2D eigenvalue weighted by atomic mass is 19.1. The summed E-state index contributed by atoms with van der Waals surface area (Å²) in [5.41, 5.74) is 3.21. The van der Waals surface area contributed by atoms with E-state index in [-0.39, 0.29) is 11.1 Å². The van der Waals surface area contributed by atoms with Crippen LogP contribution in [0.1, 0.15) is 42.7 Å². The molecule has 1 saturated heterocycles. The molecule has 1 aromatic carbocycles. The highest BCUT2D eigenvalue weighted by Crippen LogP contribution is 2.30. The molecule has 33 heavy (non-hydrogen) atoms. The monoisotopic (exact) mass is 447 g/mol. The normalized spacial score (nSPS) is 15.9. The van der Waals surface area contributed by atoms with E-state index in [9.17, 15) is 9.18 Å². The largest absolute Gasteiger partial charge is 0.357 e. The number of nitrogens with zero attached hydrogens (tertiary/aromatic N) is 5. The summed E-state index contributed by atoms with van der Waals surface area (Å²) in [5, 5.41) is 11.5. The van der Waals surface area contributed by atoms with Gasteiger partial charge in [-0.05, 0) is 51.4 Å². The standard InChI is InChI=1S/C24H26FN7O/c1-24(2)7-4-8-32(24)13-17-9-16-12-26-22(11-20(16)27-17)28-23(33)18-6-5-15(10-19(18)25)21-14-31(3)30-29-21/h5-6,9-12,14,27H,4,7-8,13H2,1-3H3,(H,26,28,33). The van der Waals surface area contributed by atoms with Crippen LogP contribution in [0.3, 0.4) is 0 Å². The van der Waals surface area contributed by atoms with E-state index in [0.29, 0.717) is 17.1 Å². The third-order valence-corrected chi connectivity index (χ3v) is 6.35. The minimum absolute atomic E-state index is 0.0621. The van der Waals surface area contributed by atoms with Crippen LogP contribution in [0.25, 0.3) is 22.2 Å². The Labute approximate surface area is 190 Å². The van der Waals surface area contributed by atoms with Crippen molar-refractivity contribution in [2.24, 2.45) is 7.05 Å². The van der Waals surface area contributed by atoms with Crippen molar-refractivity contribution < 1.29 is 9.18 Å². The number of benzene rings is 1. The van der Waals surface area contributed by atoms with Crippen LogP contribution >= 0.6 is 0 Å². The highest BCUT2D eigenvalue weighted by Gasteiger charge is 2.31. The molecular formula is C24H26FN7O. The molecule has 0 spiro atoms. The van der Waals surface area contributed by atoms with Crippen LogP contribution in [-0.4, -0.2) is 47.9 Å². The Morgan fingerprint density at radius 1 is 1.27 bits per heavy atom. The number of amides is 1. The SMILES string of the molecule is Cn1cc(-c2ccc(C(=O)Nc3cc4[nH]c(CN5CCCC5(C)C)cc4cn3)c(F)c2)nn1. The van der Waals surface area contributed by atoms with Crippen molar-refractivity contribution in [1.29, 1.82) is 0 Å². The van der Waals surface area contributed by atoms with Gasteiger partial charge in [-0.25, -0.2) is 9.37 Å². The Morgan fingerprint density at radius 3 is 2.82 bits per heavy atom. The maximum Gasteiger partial charge on any atom is 0.259 e. The summed E-state index contributed by atoms with van der Waals surface area (Å²) < 4.78 is 16.2. The first-order chi connectivity index (χ1) is 15.8. The van der Waals surface area contributed by atoms with Gasteiger partial charge >= 0.3 is 0 Å². The number of pyridine rings is 1. The summed E-state index contributed by atoms with van der Waals surface area (Å²) in [6.07, 6.45) is 5.80. The van der Waals surface area contributed by atoms with Crippen molar-refractivity contribution in [3.63, 3.8) is 0 Å². The molecule has 0 aliphatic carbocycles. The molecule has 4 aromatic rings. The molecule has 0 unspecified atom stereocenters. The number of fused-ring (bicyclic) bond motifs is 1. The number of rotatable bonds is 5. The van der Waals surface area contributed by atoms with Gasteiger partial charge in [0.1, 0.15) is 17.3 Å². The number of carbonyl (C=O) groups is 1. The molecule has 0 saturated carbocycles. The quantitative estimate of drug-likeness (QED) is 0.480. The molecule has 3 aromatic heterocycles. The summed E-state index contributed by atoms with van der Waals surface area (Å²) in [6, 6.07) is 8.24. The fraction of sp³-hybridized carbons (Fsp3) is 0.333.